The van der Waals surface area contributed by atoms with Gasteiger partial charge in [-0.25, -0.2) is 0 Å². The Kier molecular flexibility index (Phi) is 1.34. The normalized spacial score (nSPS) is 9.12. The summed E-state index contributed by atoms with van der Waals surface area (Å²) in [6, 6.07) is 0. The molecule has 0 saturated heterocycles. The second-order valence-electron chi connectivity index (χ2n) is 1.41. The molecule has 1 heterocycles. The van der Waals surface area contributed by atoms with Gasteiger partial charge in [-0.2, -0.15) is 0 Å². The molecule has 0 spiro atoms. The van der Waals surface area contributed by atoms with Crippen LogP contribution in [0.15, 0.2) is 6.20 Å². The van der Waals surface area contributed by atoms with Gasteiger partial charge in [0.25, 0.3) is 0 Å². The van der Waals surface area contributed by atoms with Gasteiger partial charge in [0.05, 0.1) is 5.69 Å². The van der Waals surface area contributed by atoms with Crippen LogP contribution >= 0.6 is 12.2 Å². The van der Waals surface area contributed by atoms with Crippen LogP contribution in [0.5, 0.6) is 0 Å². The molecule has 0 aliphatic heterocycles. The molecule has 1 aromatic rings. The predicted octanol–water partition coefficient (Wildman–Crippen LogP) is 1.11. The second-order valence-corrected chi connectivity index (χ2v) is 1.81. The lowest BCUT2D eigenvalue weighted by molar-refractivity contribution is 1.08. The summed E-state index contributed by atoms with van der Waals surface area (Å²) < 4.78 is 0.715. The molecule has 0 unspecified atom stereocenters. The van der Waals surface area contributed by atoms with Crippen LogP contribution in [0.1, 0.15) is 0 Å². The largest absolute Gasteiger partial charge is 0.384 e. The van der Waals surface area contributed by atoms with Gasteiger partial charge in [-0.1, -0.05) is 12.2 Å². The highest BCUT2D eigenvalue weighted by Crippen LogP contribution is 2.01. The van der Waals surface area contributed by atoms with Crippen LogP contribution in [0.4, 0.5) is 5.69 Å². The molecule has 0 radical (unpaired) electrons. The highest BCUT2D eigenvalue weighted by atomic mass is 32.1. The summed E-state index contributed by atoms with van der Waals surface area (Å²) in [6.07, 6.45) is 1.78. The van der Waals surface area contributed by atoms with Crippen LogP contribution in [0.2, 0.25) is 0 Å². The van der Waals surface area contributed by atoms with Gasteiger partial charge in [-0.3, -0.25) is 5.10 Å². The van der Waals surface area contributed by atoms with Gasteiger partial charge in [-0.05, 0) is 0 Å². The smallest absolute Gasteiger partial charge is 0.142 e. The molecule has 3 nitrogen and oxygen atoms in total. The monoisotopic (exact) mass is 129 g/mol. The van der Waals surface area contributed by atoms with E-state index in [1.165, 1.54) is 0 Å². The molecule has 3 N–H and O–H groups in total. The van der Waals surface area contributed by atoms with E-state index < -0.39 is 0 Å². The van der Waals surface area contributed by atoms with Crippen LogP contribution in [-0.4, -0.2) is 17.2 Å². The van der Waals surface area contributed by atoms with Crippen molar-refractivity contribution in [2.24, 2.45) is 0 Å². The summed E-state index contributed by atoms with van der Waals surface area (Å²) in [5.74, 6) is 0. The fourth-order valence-corrected chi connectivity index (χ4v) is 0.712. The summed E-state index contributed by atoms with van der Waals surface area (Å²) in [7, 11) is 1.83. The maximum absolute atomic E-state index is 4.84. The Balaban J connectivity index is 3.11. The Morgan fingerprint density at radius 1 is 1.75 bits per heavy atom. The molecular formula is C4H7N3S. The average molecular weight is 129 g/mol. The van der Waals surface area contributed by atoms with Gasteiger partial charge in [0.1, 0.15) is 4.64 Å². The van der Waals surface area contributed by atoms with E-state index in [1.54, 1.807) is 6.20 Å². The number of aromatic amines is 2. The van der Waals surface area contributed by atoms with Crippen molar-refractivity contribution in [1.82, 2.24) is 10.2 Å². The minimum atomic E-state index is 0.715. The van der Waals surface area contributed by atoms with Gasteiger partial charge < -0.3 is 10.4 Å². The number of aromatic nitrogens is 2. The molecule has 0 aliphatic carbocycles. The van der Waals surface area contributed by atoms with Crippen molar-refractivity contribution in [3.63, 3.8) is 0 Å². The molecular weight excluding hydrogens is 122 g/mol. The van der Waals surface area contributed by atoms with Gasteiger partial charge in [-0.15, -0.1) is 0 Å². The van der Waals surface area contributed by atoms with Crippen molar-refractivity contribution in [3.8, 4) is 0 Å². The van der Waals surface area contributed by atoms with Crippen LogP contribution < -0.4 is 5.32 Å². The van der Waals surface area contributed by atoms with Crippen molar-refractivity contribution < 1.29 is 0 Å². The molecule has 0 atom stereocenters. The zero-order valence-electron chi connectivity index (χ0n) is 4.49. The summed E-state index contributed by atoms with van der Waals surface area (Å²) in [5.41, 5.74) is 0.931. The van der Waals surface area contributed by atoms with Crippen molar-refractivity contribution in [2.45, 2.75) is 0 Å². The number of H-pyrrole nitrogens is 2. The van der Waals surface area contributed by atoms with Crippen molar-refractivity contribution >= 4 is 17.9 Å². The summed E-state index contributed by atoms with van der Waals surface area (Å²) in [6.45, 7) is 0. The molecule has 44 valence electrons. The molecule has 0 fully saturated rings. The standard InChI is InChI=1S/C4H7N3S/c1-5-3-2-6-7-4(3)8/h2,5H,1H3,(H2,6,7,8). The number of hydrogen-bond acceptors (Lipinski definition) is 2. The quantitative estimate of drug-likeness (QED) is 0.497. The fourth-order valence-electron chi connectivity index (χ4n) is 0.492. The molecule has 8 heavy (non-hydrogen) atoms. The summed E-state index contributed by atoms with van der Waals surface area (Å²) in [5, 5.41) is 8.41. The van der Waals surface area contributed by atoms with Gasteiger partial charge in [0, 0.05) is 13.2 Å². The number of anilines is 1. The van der Waals surface area contributed by atoms with Crippen LogP contribution in [-0.2, 0) is 0 Å². The van der Waals surface area contributed by atoms with Crippen molar-refractivity contribution in [1.29, 1.82) is 0 Å². The van der Waals surface area contributed by atoms with E-state index in [1.807, 2.05) is 7.05 Å². The van der Waals surface area contributed by atoms with E-state index in [-0.39, 0.29) is 0 Å². The minimum absolute atomic E-state index is 0.715. The van der Waals surface area contributed by atoms with Gasteiger partial charge >= 0.3 is 0 Å². The van der Waals surface area contributed by atoms with Crippen LogP contribution in [0.25, 0.3) is 0 Å². The Bertz CT molecular complexity index is 211. The fraction of sp³-hybridized carbons (Fsp3) is 0.250. The molecule has 1 rings (SSSR count). The first kappa shape index (κ1) is 5.37. The zero-order valence-corrected chi connectivity index (χ0v) is 5.30. The first-order valence-electron chi connectivity index (χ1n) is 2.28. The summed E-state index contributed by atoms with van der Waals surface area (Å²) in [4.78, 5) is 0. The number of hydrogen-bond donors (Lipinski definition) is 3. The third-order valence-electron chi connectivity index (χ3n) is 0.916. The highest BCUT2D eigenvalue weighted by Gasteiger charge is 1.87. The summed E-state index contributed by atoms with van der Waals surface area (Å²) >= 11 is 4.84. The van der Waals surface area contributed by atoms with E-state index >= 15 is 0 Å². The van der Waals surface area contributed by atoms with E-state index in [9.17, 15) is 0 Å². The van der Waals surface area contributed by atoms with E-state index in [0.717, 1.165) is 5.69 Å². The minimum Gasteiger partial charge on any atom is -0.384 e. The van der Waals surface area contributed by atoms with Crippen LogP contribution in [0, 0.1) is 4.64 Å². The third kappa shape index (κ3) is 0.742. The first-order chi connectivity index (χ1) is 3.84. The van der Waals surface area contributed by atoms with Gasteiger partial charge in [0.2, 0.25) is 0 Å². The lowest BCUT2D eigenvalue weighted by Gasteiger charge is -1.86. The molecule has 0 aliphatic rings. The third-order valence-corrected chi connectivity index (χ3v) is 1.24. The Morgan fingerprint density at radius 3 is 2.75 bits per heavy atom. The van der Waals surface area contributed by atoms with Crippen molar-refractivity contribution in [3.05, 3.63) is 10.8 Å². The Morgan fingerprint density at radius 2 is 2.50 bits per heavy atom. The van der Waals surface area contributed by atoms with E-state index in [4.69, 9.17) is 12.2 Å². The molecule has 0 aromatic carbocycles. The molecule has 0 bridgehead atoms. The van der Waals surface area contributed by atoms with E-state index in [0.29, 0.717) is 4.64 Å². The second kappa shape index (κ2) is 2.00. The average Bonchev–Trinajstić information content (AvgIpc) is 2.14. The maximum Gasteiger partial charge on any atom is 0.142 e. The van der Waals surface area contributed by atoms with Gasteiger partial charge in [0.15, 0.2) is 0 Å². The predicted molar refractivity (Wildman–Crippen MR) is 35.5 cm³/mol. The molecule has 1 aromatic heterocycles. The Hall–Kier alpha value is -0.770. The number of rotatable bonds is 1. The molecule has 4 heteroatoms. The number of nitrogens with one attached hydrogen (secondary N) is 3. The topological polar surface area (TPSA) is 43.6 Å². The molecule has 0 saturated carbocycles. The Labute approximate surface area is 52.1 Å². The van der Waals surface area contributed by atoms with Crippen molar-refractivity contribution in [2.75, 3.05) is 12.4 Å². The maximum atomic E-state index is 4.84. The highest BCUT2D eigenvalue weighted by molar-refractivity contribution is 7.71. The zero-order chi connectivity index (χ0) is 5.98. The lowest BCUT2D eigenvalue weighted by atomic mass is 10.6. The van der Waals surface area contributed by atoms with E-state index in [2.05, 4.69) is 15.5 Å². The lowest BCUT2D eigenvalue weighted by Crippen LogP contribution is -1.83. The first-order valence-corrected chi connectivity index (χ1v) is 2.69. The SMILES string of the molecule is CNc1c[nH][nH]c1=S. The molecule has 0 amide bonds. The van der Waals surface area contributed by atoms with Crippen LogP contribution in [0.3, 0.4) is 0 Å².